The normalized spacial score (nSPS) is 20.9. The molecule has 1 aromatic heterocycles. The van der Waals surface area contributed by atoms with Gasteiger partial charge in [-0.1, -0.05) is 19.4 Å². The average Bonchev–Trinajstić information content (AvgIpc) is 2.94. The van der Waals surface area contributed by atoms with Crippen LogP contribution < -0.4 is 5.32 Å². The van der Waals surface area contributed by atoms with Crippen LogP contribution in [0.15, 0.2) is 24.4 Å². The van der Waals surface area contributed by atoms with Crippen LogP contribution in [0.5, 0.6) is 0 Å². The number of aliphatic carboxylic acids is 1. The first kappa shape index (κ1) is 18.4. The average molecular weight is 333 g/mol. The van der Waals surface area contributed by atoms with Gasteiger partial charge in [-0.2, -0.15) is 0 Å². The molecular formula is C18H27N3O3. The first-order chi connectivity index (χ1) is 11.6. The molecule has 0 unspecified atom stereocenters. The molecule has 2 atom stereocenters. The lowest BCUT2D eigenvalue weighted by molar-refractivity contribution is -0.137. The molecule has 1 aliphatic rings. The highest BCUT2D eigenvalue weighted by Crippen LogP contribution is 2.22. The molecule has 0 radical (unpaired) electrons. The molecule has 6 nitrogen and oxygen atoms in total. The van der Waals surface area contributed by atoms with E-state index in [1.54, 1.807) is 6.20 Å². The van der Waals surface area contributed by atoms with E-state index >= 15 is 0 Å². The number of aromatic nitrogens is 1. The molecule has 1 amide bonds. The molecule has 0 spiro atoms. The van der Waals surface area contributed by atoms with Crippen molar-refractivity contribution < 1.29 is 14.7 Å². The Bertz CT molecular complexity index is 536. The zero-order valence-corrected chi connectivity index (χ0v) is 14.3. The molecule has 0 bridgehead atoms. The number of hydrogen-bond donors (Lipinski definition) is 2. The second-order valence-corrected chi connectivity index (χ2v) is 6.45. The Morgan fingerprint density at radius 2 is 2.17 bits per heavy atom. The Morgan fingerprint density at radius 3 is 2.83 bits per heavy atom. The van der Waals surface area contributed by atoms with Crippen LogP contribution in [0.3, 0.4) is 0 Å². The summed E-state index contributed by atoms with van der Waals surface area (Å²) in [5, 5.41) is 12.0. The van der Waals surface area contributed by atoms with Crippen LogP contribution in [0, 0.1) is 5.92 Å². The molecule has 2 N–H and O–H groups in total. The predicted octanol–water partition coefficient (Wildman–Crippen LogP) is 1.71. The summed E-state index contributed by atoms with van der Waals surface area (Å²) < 4.78 is 0. The zero-order valence-electron chi connectivity index (χ0n) is 14.3. The summed E-state index contributed by atoms with van der Waals surface area (Å²) in [4.78, 5) is 29.4. The van der Waals surface area contributed by atoms with Gasteiger partial charge >= 0.3 is 5.97 Å². The minimum atomic E-state index is -0.773. The molecular weight excluding hydrogens is 306 g/mol. The molecule has 132 valence electrons. The number of pyridine rings is 1. The number of carbonyl (C=O) groups excluding carboxylic acids is 1. The Labute approximate surface area is 143 Å². The molecule has 0 saturated carbocycles. The predicted molar refractivity (Wildman–Crippen MR) is 91.6 cm³/mol. The summed E-state index contributed by atoms with van der Waals surface area (Å²) in [6.07, 6.45) is 5.08. The fourth-order valence-corrected chi connectivity index (χ4v) is 3.29. The molecule has 6 heteroatoms. The summed E-state index contributed by atoms with van der Waals surface area (Å²) in [6, 6.07) is 5.84. The number of aryl methyl sites for hydroxylation is 1. The fraction of sp³-hybridized carbons (Fsp3) is 0.611. The lowest BCUT2D eigenvalue weighted by atomic mass is 9.98. The van der Waals surface area contributed by atoms with E-state index in [1.807, 2.05) is 18.2 Å². The highest BCUT2D eigenvalue weighted by Gasteiger charge is 2.32. The molecule has 24 heavy (non-hydrogen) atoms. The van der Waals surface area contributed by atoms with Gasteiger partial charge in [0.2, 0.25) is 5.91 Å². The number of carboxylic acids is 1. The van der Waals surface area contributed by atoms with Crippen molar-refractivity contribution in [1.29, 1.82) is 0 Å². The number of rotatable bonds is 9. The molecule has 2 heterocycles. The van der Waals surface area contributed by atoms with Crippen LogP contribution in [0.2, 0.25) is 0 Å². The van der Waals surface area contributed by atoms with Gasteiger partial charge in [-0.3, -0.25) is 14.6 Å². The van der Waals surface area contributed by atoms with E-state index < -0.39 is 5.97 Å². The van der Waals surface area contributed by atoms with Crippen LogP contribution >= 0.6 is 0 Å². The van der Waals surface area contributed by atoms with Crippen LogP contribution in [-0.2, 0) is 16.0 Å². The van der Waals surface area contributed by atoms with E-state index in [0.29, 0.717) is 25.3 Å². The maximum absolute atomic E-state index is 12.2. The number of hydrogen-bond acceptors (Lipinski definition) is 4. The largest absolute Gasteiger partial charge is 0.481 e. The molecule has 1 aromatic rings. The van der Waals surface area contributed by atoms with Crippen LogP contribution in [0.4, 0.5) is 0 Å². The minimum absolute atomic E-state index is 0.0480. The van der Waals surface area contributed by atoms with Gasteiger partial charge in [0.15, 0.2) is 0 Å². The Balaban J connectivity index is 1.81. The van der Waals surface area contributed by atoms with Gasteiger partial charge in [0.05, 0.1) is 6.42 Å². The molecule has 2 rings (SSSR count). The van der Waals surface area contributed by atoms with E-state index in [0.717, 1.165) is 31.6 Å². The number of amides is 1. The topological polar surface area (TPSA) is 82.5 Å². The summed E-state index contributed by atoms with van der Waals surface area (Å²) in [5.74, 6) is -0.320. The van der Waals surface area contributed by atoms with Crippen LogP contribution in [0.25, 0.3) is 0 Å². The maximum Gasteiger partial charge on any atom is 0.304 e. The molecule has 1 saturated heterocycles. The maximum atomic E-state index is 12.2. The molecule has 1 fully saturated rings. The van der Waals surface area contributed by atoms with Gasteiger partial charge in [0.1, 0.15) is 0 Å². The number of nitrogens with zero attached hydrogens (tertiary/aromatic N) is 2. The molecule has 1 aliphatic heterocycles. The Kier molecular flexibility index (Phi) is 7.18. The van der Waals surface area contributed by atoms with Crippen molar-refractivity contribution in [2.75, 3.05) is 19.6 Å². The van der Waals surface area contributed by atoms with Crippen molar-refractivity contribution in [3.63, 3.8) is 0 Å². The van der Waals surface area contributed by atoms with E-state index in [1.165, 1.54) is 0 Å². The number of carboxylic acid groups (broad SMARTS) is 1. The summed E-state index contributed by atoms with van der Waals surface area (Å²) in [7, 11) is 0. The van der Waals surface area contributed by atoms with Crippen LogP contribution in [-0.4, -0.2) is 52.5 Å². The lowest BCUT2D eigenvalue weighted by Gasteiger charge is -2.19. The van der Waals surface area contributed by atoms with Gasteiger partial charge in [-0.05, 0) is 30.9 Å². The van der Waals surface area contributed by atoms with E-state index in [9.17, 15) is 9.59 Å². The molecule has 0 aromatic carbocycles. The third-order valence-electron chi connectivity index (χ3n) is 4.50. The summed E-state index contributed by atoms with van der Waals surface area (Å²) in [5.41, 5.74) is 0.923. The minimum Gasteiger partial charge on any atom is -0.481 e. The van der Waals surface area contributed by atoms with Gasteiger partial charge in [-0.25, -0.2) is 0 Å². The summed E-state index contributed by atoms with van der Waals surface area (Å²) in [6.45, 7) is 4.30. The van der Waals surface area contributed by atoms with E-state index in [-0.39, 0.29) is 18.4 Å². The first-order valence-corrected chi connectivity index (χ1v) is 8.72. The van der Waals surface area contributed by atoms with E-state index in [4.69, 9.17) is 5.11 Å². The third-order valence-corrected chi connectivity index (χ3v) is 4.50. The van der Waals surface area contributed by atoms with Crippen molar-refractivity contribution in [2.24, 2.45) is 5.92 Å². The zero-order chi connectivity index (χ0) is 17.4. The SMILES string of the molecule is CCC[C@@H]1CN(CCC(=O)O)C[C@H]1NC(=O)CCc1ccccn1. The van der Waals surface area contributed by atoms with Crippen molar-refractivity contribution in [1.82, 2.24) is 15.2 Å². The number of nitrogens with one attached hydrogen (secondary N) is 1. The fourth-order valence-electron chi connectivity index (χ4n) is 3.29. The van der Waals surface area contributed by atoms with Gasteiger partial charge < -0.3 is 15.3 Å². The highest BCUT2D eigenvalue weighted by molar-refractivity contribution is 5.76. The summed E-state index contributed by atoms with van der Waals surface area (Å²) >= 11 is 0. The van der Waals surface area contributed by atoms with E-state index in [2.05, 4.69) is 22.1 Å². The monoisotopic (exact) mass is 333 g/mol. The van der Waals surface area contributed by atoms with Crippen molar-refractivity contribution in [3.05, 3.63) is 30.1 Å². The van der Waals surface area contributed by atoms with Gasteiger partial charge in [-0.15, -0.1) is 0 Å². The highest BCUT2D eigenvalue weighted by atomic mass is 16.4. The van der Waals surface area contributed by atoms with Gasteiger partial charge in [0, 0.05) is 44.0 Å². The van der Waals surface area contributed by atoms with Crippen LogP contribution in [0.1, 0.15) is 38.3 Å². The third kappa shape index (κ3) is 5.92. The standard InChI is InChI=1S/C18H27N3O3/c1-2-5-14-12-21(11-9-18(23)24)13-16(14)20-17(22)8-7-15-6-3-4-10-19-15/h3-4,6,10,14,16H,2,5,7-9,11-13H2,1H3,(H,20,22)(H,23,24)/t14-,16-/m1/s1. The Morgan fingerprint density at radius 1 is 1.33 bits per heavy atom. The quantitative estimate of drug-likeness (QED) is 0.719. The second kappa shape index (κ2) is 9.37. The Hall–Kier alpha value is -1.95. The van der Waals surface area contributed by atoms with Crippen molar-refractivity contribution in [3.8, 4) is 0 Å². The van der Waals surface area contributed by atoms with Crippen molar-refractivity contribution in [2.45, 2.75) is 45.1 Å². The lowest BCUT2D eigenvalue weighted by Crippen LogP contribution is -2.40. The molecule has 0 aliphatic carbocycles. The smallest absolute Gasteiger partial charge is 0.304 e. The number of carbonyl (C=O) groups is 2. The second-order valence-electron chi connectivity index (χ2n) is 6.45. The van der Waals surface area contributed by atoms with Crippen molar-refractivity contribution >= 4 is 11.9 Å². The number of likely N-dealkylation sites (tertiary alicyclic amines) is 1. The van der Waals surface area contributed by atoms with Gasteiger partial charge in [0.25, 0.3) is 0 Å². The first-order valence-electron chi connectivity index (χ1n) is 8.72.